The van der Waals surface area contributed by atoms with E-state index in [0.29, 0.717) is 5.56 Å². The van der Waals surface area contributed by atoms with Gasteiger partial charge in [-0.05, 0) is 5.56 Å². The molecule has 0 fully saturated rings. The van der Waals surface area contributed by atoms with Gasteiger partial charge in [-0.3, -0.25) is 0 Å². The number of alkyl halides is 3. The molecular formula is C8H7BrClF2NO. The molecule has 1 rings (SSSR count). The van der Waals surface area contributed by atoms with Crippen LogP contribution in [-0.2, 0) is 11.9 Å². The molecule has 0 spiro atoms. The minimum Gasteiger partial charge on any atom is -0.392 e. The highest BCUT2D eigenvalue weighted by Crippen LogP contribution is 2.29. The minimum atomic E-state index is -2.65. The number of aliphatic hydroxyl groups is 1. The average molecular weight is 287 g/mol. The summed E-state index contributed by atoms with van der Waals surface area (Å²) in [4.78, 5) is 3.62. The van der Waals surface area contributed by atoms with Gasteiger partial charge < -0.3 is 5.11 Å². The van der Waals surface area contributed by atoms with Gasteiger partial charge in [0, 0.05) is 22.7 Å². The van der Waals surface area contributed by atoms with Crippen molar-refractivity contribution in [3.05, 3.63) is 28.0 Å². The Bertz CT molecular complexity index is 335. The topological polar surface area (TPSA) is 33.1 Å². The summed E-state index contributed by atoms with van der Waals surface area (Å²) >= 11 is 8.79. The summed E-state index contributed by atoms with van der Waals surface area (Å²) in [6.45, 7) is -0.469. The van der Waals surface area contributed by atoms with E-state index in [-0.39, 0.29) is 21.6 Å². The van der Waals surface area contributed by atoms with Crippen LogP contribution in [0.2, 0.25) is 5.15 Å². The number of halogens is 4. The van der Waals surface area contributed by atoms with Gasteiger partial charge in [0.2, 0.25) is 0 Å². The van der Waals surface area contributed by atoms with Gasteiger partial charge in [0.1, 0.15) is 5.15 Å². The maximum Gasteiger partial charge on any atom is 0.265 e. The predicted molar refractivity (Wildman–Crippen MR) is 52.8 cm³/mol. The smallest absolute Gasteiger partial charge is 0.265 e. The van der Waals surface area contributed by atoms with E-state index in [1.165, 1.54) is 0 Å². The number of aliphatic hydroxyl groups excluding tert-OH is 1. The number of pyridine rings is 1. The van der Waals surface area contributed by atoms with Gasteiger partial charge in [0.05, 0.1) is 6.61 Å². The molecule has 1 aromatic heterocycles. The van der Waals surface area contributed by atoms with Gasteiger partial charge in [-0.25, -0.2) is 13.8 Å². The molecule has 0 aliphatic heterocycles. The molecule has 6 heteroatoms. The third kappa shape index (κ3) is 2.21. The van der Waals surface area contributed by atoms with Gasteiger partial charge in [-0.15, -0.1) is 0 Å². The van der Waals surface area contributed by atoms with Gasteiger partial charge in [-0.1, -0.05) is 27.5 Å². The molecule has 0 radical (unpaired) electrons. The van der Waals surface area contributed by atoms with Crippen LogP contribution in [0.4, 0.5) is 8.78 Å². The molecule has 14 heavy (non-hydrogen) atoms. The molecule has 0 bridgehead atoms. The molecule has 0 aliphatic carbocycles. The standard InChI is InChI=1S/C8H7BrClF2NO/c9-1-4-6(3-14)5(8(11)12)2-13-7(4)10/h2,8,14H,1,3H2. The van der Waals surface area contributed by atoms with Crippen LogP contribution in [0.25, 0.3) is 0 Å². The SMILES string of the molecule is OCc1c(C(F)F)cnc(Cl)c1CBr. The summed E-state index contributed by atoms with van der Waals surface area (Å²) in [5, 5.41) is 9.38. The van der Waals surface area contributed by atoms with Crippen LogP contribution in [0.5, 0.6) is 0 Å². The Labute approximate surface area is 93.0 Å². The number of hydrogen-bond donors (Lipinski definition) is 1. The summed E-state index contributed by atoms with van der Waals surface area (Å²) in [6.07, 6.45) is -1.66. The maximum atomic E-state index is 12.5. The Balaban J connectivity index is 3.33. The van der Waals surface area contributed by atoms with Crippen LogP contribution in [0.15, 0.2) is 6.20 Å². The lowest BCUT2D eigenvalue weighted by Gasteiger charge is -2.11. The number of rotatable bonds is 3. The second kappa shape index (κ2) is 5.00. The van der Waals surface area contributed by atoms with Crippen molar-refractivity contribution in [1.29, 1.82) is 0 Å². The number of aromatic nitrogens is 1. The monoisotopic (exact) mass is 285 g/mol. The van der Waals surface area contributed by atoms with Crippen molar-refractivity contribution in [2.75, 3.05) is 0 Å². The van der Waals surface area contributed by atoms with E-state index >= 15 is 0 Å². The second-order valence-corrected chi connectivity index (χ2v) is 3.47. The molecule has 0 atom stereocenters. The lowest BCUT2D eigenvalue weighted by atomic mass is 10.1. The molecule has 1 N–H and O–H groups in total. The number of nitrogens with zero attached hydrogens (tertiary/aromatic N) is 1. The Morgan fingerprint density at radius 2 is 2.14 bits per heavy atom. The minimum absolute atomic E-state index is 0.135. The van der Waals surface area contributed by atoms with Crippen molar-refractivity contribution in [1.82, 2.24) is 4.98 Å². The van der Waals surface area contributed by atoms with Crippen LogP contribution >= 0.6 is 27.5 Å². The van der Waals surface area contributed by atoms with E-state index in [4.69, 9.17) is 16.7 Å². The average Bonchev–Trinajstić information content (AvgIpc) is 2.16. The molecule has 1 aromatic rings. The Morgan fingerprint density at radius 1 is 1.50 bits per heavy atom. The fraction of sp³-hybridized carbons (Fsp3) is 0.375. The largest absolute Gasteiger partial charge is 0.392 e. The van der Waals surface area contributed by atoms with Crippen LogP contribution in [0, 0.1) is 0 Å². The van der Waals surface area contributed by atoms with Crippen LogP contribution in [-0.4, -0.2) is 10.1 Å². The first-order valence-corrected chi connectivity index (χ1v) is 5.22. The number of hydrogen-bond acceptors (Lipinski definition) is 2. The summed E-state index contributed by atoms with van der Waals surface area (Å²) in [5.74, 6) is 0. The van der Waals surface area contributed by atoms with E-state index in [1.54, 1.807) is 0 Å². The lowest BCUT2D eigenvalue weighted by Crippen LogP contribution is -2.02. The highest BCUT2D eigenvalue weighted by Gasteiger charge is 2.18. The predicted octanol–water partition coefficient (Wildman–Crippen LogP) is 3.06. The Hall–Kier alpha value is -0.260. The zero-order valence-corrected chi connectivity index (χ0v) is 9.32. The highest BCUT2D eigenvalue weighted by atomic mass is 79.9. The molecule has 0 aromatic carbocycles. The summed E-state index contributed by atoms with van der Waals surface area (Å²) in [7, 11) is 0. The third-order valence-corrected chi connectivity index (χ3v) is 2.69. The Morgan fingerprint density at radius 3 is 2.57 bits per heavy atom. The Kier molecular flexibility index (Phi) is 4.22. The van der Waals surface area contributed by atoms with E-state index < -0.39 is 13.0 Å². The molecule has 1 heterocycles. The molecule has 2 nitrogen and oxygen atoms in total. The van der Waals surface area contributed by atoms with Crippen molar-refractivity contribution >= 4 is 27.5 Å². The maximum absolute atomic E-state index is 12.5. The van der Waals surface area contributed by atoms with Crippen LogP contribution < -0.4 is 0 Å². The van der Waals surface area contributed by atoms with E-state index in [0.717, 1.165) is 6.20 Å². The molecule has 78 valence electrons. The molecule has 0 unspecified atom stereocenters. The fourth-order valence-corrected chi connectivity index (χ4v) is 2.09. The van der Waals surface area contributed by atoms with Crippen LogP contribution in [0.3, 0.4) is 0 Å². The first-order chi connectivity index (χ1) is 6.61. The van der Waals surface area contributed by atoms with E-state index in [1.807, 2.05) is 0 Å². The van der Waals surface area contributed by atoms with Gasteiger partial charge in [-0.2, -0.15) is 0 Å². The quantitative estimate of drug-likeness (QED) is 0.684. The first kappa shape index (κ1) is 11.8. The van der Waals surface area contributed by atoms with Gasteiger partial charge >= 0.3 is 0 Å². The molecule has 0 amide bonds. The molecule has 0 saturated heterocycles. The van der Waals surface area contributed by atoms with Crippen molar-refractivity contribution < 1.29 is 13.9 Å². The van der Waals surface area contributed by atoms with E-state index in [2.05, 4.69) is 20.9 Å². The molecular weight excluding hydrogens is 279 g/mol. The normalized spacial score (nSPS) is 11.0. The fourth-order valence-electron chi connectivity index (χ4n) is 1.09. The van der Waals surface area contributed by atoms with Gasteiger partial charge in [0.15, 0.2) is 0 Å². The van der Waals surface area contributed by atoms with Crippen molar-refractivity contribution in [3.8, 4) is 0 Å². The zero-order valence-electron chi connectivity index (χ0n) is 6.98. The zero-order chi connectivity index (χ0) is 10.7. The van der Waals surface area contributed by atoms with Crippen molar-refractivity contribution in [3.63, 3.8) is 0 Å². The molecule has 0 aliphatic rings. The second-order valence-electron chi connectivity index (χ2n) is 2.55. The van der Waals surface area contributed by atoms with E-state index in [9.17, 15) is 8.78 Å². The first-order valence-electron chi connectivity index (χ1n) is 3.73. The van der Waals surface area contributed by atoms with Crippen LogP contribution in [0.1, 0.15) is 23.1 Å². The summed E-state index contributed by atoms with van der Waals surface area (Å²) < 4.78 is 24.9. The third-order valence-electron chi connectivity index (χ3n) is 1.81. The lowest BCUT2D eigenvalue weighted by molar-refractivity contribution is 0.146. The van der Waals surface area contributed by atoms with Gasteiger partial charge in [0.25, 0.3) is 6.43 Å². The molecule has 0 saturated carbocycles. The summed E-state index contributed by atoms with van der Waals surface area (Å²) in [6, 6.07) is 0. The summed E-state index contributed by atoms with van der Waals surface area (Å²) in [5.41, 5.74) is 0.287. The van der Waals surface area contributed by atoms with Crippen molar-refractivity contribution in [2.45, 2.75) is 18.4 Å². The van der Waals surface area contributed by atoms with Crippen molar-refractivity contribution in [2.24, 2.45) is 0 Å². The highest BCUT2D eigenvalue weighted by molar-refractivity contribution is 9.08.